The molecule has 2 N–H and O–H groups in total. The van der Waals surface area contributed by atoms with Crippen molar-refractivity contribution in [3.63, 3.8) is 0 Å². The van der Waals surface area contributed by atoms with Gasteiger partial charge in [0.1, 0.15) is 24.5 Å². The number of ether oxygens (including phenoxy) is 1. The lowest BCUT2D eigenvalue weighted by Gasteiger charge is -2.23. The zero-order valence-corrected chi connectivity index (χ0v) is 16.8. The third-order valence-electron chi connectivity index (χ3n) is 5.37. The molecule has 1 amide bonds. The van der Waals surface area contributed by atoms with E-state index < -0.39 is 4.92 Å². The summed E-state index contributed by atoms with van der Waals surface area (Å²) < 4.78 is 12.9. The topological polar surface area (TPSA) is 104 Å². The van der Waals surface area contributed by atoms with Gasteiger partial charge in [-0.2, -0.15) is 0 Å². The fourth-order valence-corrected chi connectivity index (χ4v) is 3.83. The van der Waals surface area contributed by atoms with Crippen LogP contribution in [0.25, 0.3) is 11.1 Å². The first-order valence-corrected chi connectivity index (χ1v) is 10.0. The van der Waals surface area contributed by atoms with Crippen molar-refractivity contribution < 1.29 is 23.8 Å². The number of morpholine rings is 1. The lowest BCUT2D eigenvalue weighted by Crippen LogP contribution is -3.14. The third kappa shape index (κ3) is 4.37. The zero-order valence-electron chi connectivity index (χ0n) is 16.8. The summed E-state index contributed by atoms with van der Waals surface area (Å²) >= 11 is 0. The zero-order chi connectivity index (χ0) is 21.1. The van der Waals surface area contributed by atoms with Crippen LogP contribution in [0.1, 0.15) is 21.8 Å². The van der Waals surface area contributed by atoms with Gasteiger partial charge in [-0.15, -0.1) is 0 Å². The van der Waals surface area contributed by atoms with Crippen molar-refractivity contribution in [2.45, 2.75) is 13.5 Å². The SMILES string of the molecule is Cc1cc2c(cc(C(=O)NCC[NH+]3CCOCC3)n2Cc2cccc([N+](=O)[O-])c2)o1. The Bertz CT molecular complexity index is 1060. The number of aromatic nitrogens is 1. The number of carbonyl (C=O) groups excluding carboxylic acids is 1. The summed E-state index contributed by atoms with van der Waals surface area (Å²) in [6.07, 6.45) is 0. The van der Waals surface area contributed by atoms with Crippen molar-refractivity contribution in [1.82, 2.24) is 9.88 Å². The van der Waals surface area contributed by atoms with Crippen LogP contribution in [0.5, 0.6) is 0 Å². The summed E-state index contributed by atoms with van der Waals surface area (Å²) in [6.45, 7) is 7.00. The number of hydrogen-bond donors (Lipinski definition) is 2. The molecule has 0 saturated carbocycles. The fourth-order valence-electron chi connectivity index (χ4n) is 3.83. The minimum Gasteiger partial charge on any atom is -0.460 e. The predicted molar refractivity (Wildman–Crippen MR) is 110 cm³/mol. The molecule has 3 aromatic rings. The second-order valence-corrected chi connectivity index (χ2v) is 7.52. The number of benzene rings is 1. The number of rotatable bonds is 7. The number of quaternary nitrogens is 1. The molecule has 1 aromatic carbocycles. The highest BCUT2D eigenvalue weighted by Crippen LogP contribution is 2.25. The molecule has 0 radical (unpaired) electrons. The van der Waals surface area contributed by atoms with Gasteiger partial charge < -0.3 is 23.9 Å². The normalized spacial score (nSPS) is 14.8. The van der Waals surface area contributed by atoms with Crippen LogP contribution in [0.4, 0.5) is 5.69 Å². The molecule has 0 spiro atoms. The monoisotopic (exact) mass is 413 g/mol. The molecule has 9 nitrogen and oxygen atoms in total. The van der Waals surface area contributed by atoms with Gasteiger partial charge in [-0.1, -0.05) is 12.1 Å². The maximum atomic E-state index is 12.9. The lowest BCUT2D eigenvalue weighted by atomic mass is 10.2. The van der Waals surface area contributed by atoms with Gasteiger partial charge in [0.2, 0.25) is 0 Å². The first kappa shape index (κ1) is 20.1. The van der Waals surface area contributed by atoms with Crippen molar-refractivity contribution in [2.75, 3.05) is 39.4 Å². The molecule has 9 heteroatoms. The van der Waals surface area contributed by atoms with Gasteiger partial charge in [0.05, 0.1) is 36.7 Å². The Morgan fingerprint density at radius 1 is 1.27 bits per heavy atom. The van der Waals surface area contributed by atoms with E-state index in [1.807, 2.05) is 23.6 Å². The van der Waals surface area contributed by atoms with Crippen molar-refractivity contribution in [3.05, 3.63) is 63.5 Å². The number of fused-ring (bicyclic) bond motifs is 1. The van der Waals surface area contributed by atoms with Gasteiger partial charge >= 0.3 is 0 Å². The Balaban J connectivity index is 1.54. The van der Waals surface area contributed by atoms with Gasteiger partial charge in [-0.3, -0.25) is 14.9 Å². The van der Waals surface area contributed by atoms with E-state index in [1.54, 1.807) is 12.1 Å². The van der Waals surface area contributed by atoms with Crippen LogP contribution in [0.2, 0.25) is 0 Å². The Morgan fingerprint density at radius 3 is 2.83 bits per heavy atom. The van der Waals surface area contributed by atoms with Crippen LogP contribution in [0.3, 0.4) is 0 Å². The average Bonchev–Trinajstić information content (AvgIpc) is 3.26. The van der Waals surface area contributed by atoms with Crippen molar-refractivity contribution >= 4 is 22.7 Å². The van der Waals surface area contributed by atoms with Crippen LogP contribution >= 0.6 is 0 Å². The number of nitro groups is 1. The molecule has 4 rings (SSSR count). The van der Waals surface area contributed by atoms with Crippen LogP contribution in [0.15, 0.2) is 40.8 Å². The summed E-state index contributed by atoms with van der Waals surface area (Å²) in [4.78, 5) is 25.0. The Morgan fingerprint density at radius 2 is 2.07 bits per heavy atom. The second kappa shape index (κ2) is 8.68. The maximum absolute atomic E-state index is 12.9. The van der Waals surface area contributed by atoms with Gasteiger partial charge in [-0.25, -0.2) is 0 Å². The fraction of sp³-hybridized carbons (Fsp3) is 0.381. The molecule has 0 atom stereocenters. The molecular formula is C21H25N4O5+. The van der Waals surface area contributed by atoms with Gasteiger partial charge in [0, 0.05) is 30.8 Å². The van der Waals surface area contributed by atoms with E-state index >= 15 is 0 Å². The second-order valence-electron chi connectivity index (χ2n) is 7.52. The number of hydrogen-bond acceptors (Lipinski definition) is 5. The summed E-state index contributed by atoms with van der Waals surface area (Å²) in [6, 6.07) is 10.1. The quantitative estimate of drug-likeness (QED) is 0.447. The minimum absolute atomic E-state index is 0.0266. The molecule has 2 aromatic heterocycles. The number of carbonyl (C=O) groups is 1. The third-order valence-corrected chi connectivity index (χ3v) is 5.37. The smallest absolute Gasteiger partial charge is 0.269 e. The lowest BCUT2D eigenvalue weighted by molar-refractivity contribution is -0.906. The Labute approximate surface area is 173 Å². The van der Waals surface area contributed by atoms with E-state index in [9.17, 15) is 14.9 Å². The number of nitrogens with one attached hydrogen (secondary N) is 2. The van der Waals surface area contributed by atoms with E-state index in [4.69, 9.17) is 9.15 Å². The minimum atomic E-state index is -0.418. The largest absolute Gasteiger partial charge is 0.460 e. The summed E-state index contributed by atoms with van der Waals surface area (Å²) in [5, 5.41) is 14.1. The van der Waals surface area contributed by atoms with Crippen molar-refractivity contribution in [3.8, 4) is 0 Å². The molecule has 1 saturated heterocycles. The standard InChI is InChI=1S/C21H24N4O5/c1-15-11-18-20(30-15)13-19(21(26)22-5-6-23-7-9-29-10-8-23)24(18)14-16-3-2-4-17(12-16)25(27)28/h2-4,11-13H,5-10,14H2,1H3,(H,22,26)/p+1. The Hall–Kier alpha value is -3.17. The summed E-state index contributed by atoms with van der Waals surface area (Å²) in [5.74, 6) is 0.563. The number of nitrogens with zero attached hydrogens (tertiary/aromatic N) is 2. The van der Waals surface area contributed by atoms with Gasteiger partial charge in [0.15, 0.2) is 5.58 Å². The number of nitro benzene ring substituents is 1. The predicted octanol–water partition coefficient (Wildman–Crippen LogP) is 1.14. The molecule has 30 heavy (non-hydrogen) atoms. The van der Waals surface area contributed by atoms with E-state index in [0.717, 1.165) is 49.7 Å². The summed E-state index contributed by atoms with van der Waals surface area (Å²) in [7, 11) is 0. The van der Waals surface area contributed by atoms with E-state index in [-0.39, 0.29) is 11.6 Å². The molecule has 0 aliphatic carbocycles. The van der Waals surface area contributed by atoms with E-state index in [1.165, 1.54) is 17.0 Å². The van der Waals surface area contributed by atoms with E-state index in [0.29, 0.717) is 24.4 Å². The molecule has 158 valence electrons. The first-order chi connectivity index (χ1) is 14.5. The number of aryl methyl sites for hydroxylation is 1. The highest BCUT2D eigenvalue weighted by molar-refractivity contribution is 5.97. The molecule has 0 bridgehead atoms. The van der Waals surface area contributed by atoms with Gasteiger partial charge in [0.25, 0.3) is 11.6 Å². The highest BCUT2D eigenvalue weighted by Gasteiger charge is 2.20. The first-order valence-electron chi connectivity index (χ1n) is 10.0. The Kier molecular flexibility index (Phi) is 5.82. The number of amides is 1. The van der Waals surface area contributed by atoms with Crippen molar-refractivity contribution in [2.24, 2.45) is 0 Å². The molecule has 1 aliphatic rings. The summed E-state index contributed by atoms with van der Waals surface area (Å²) in [5.41, 5.74) is 2.67. The molecular weight excluding hydrogens is 388 g/mol. The van der Waals surface area contributed by atoms with Crippen molar-refractivity contribution in [1.29, 1.82) is 0 Å². The highest BCUT2D eigenvalue weighted by atomic mass is 16.6. The maximum Gasteiger partial charge on any atom is 0.269 e. The van der Waals surface area contributed by atoms with Crippen LogP contribution in [-0.2, 0) is 11.3 Å². The number of furan rings is 1. The number of non-ortho nitro benzene ring substituents is 1. The average molecular weight is 413 g/mol. The van der Waals surface area contributed by atoms with Crippen LogP contribution < -0.4 is 10.2 Å². The molecule has 0 unspecified atom stereocenters. The molecule has 1 fully saturated rings. The molecule has 3 heterocycles. The molecule has 1 aliphatic heterocycles. The van der Waals surface area contributed by atoms with Gasteiger partial charge in [-0.05, 0) is 12.5 Å². The van der Waals surface area contributed by atoms with Crippen LogP contribution in [-0.4, -0.2) is 54.8 Å². The van der Waals surface area contributed by atoms with Crippen LogP contribution in [0, 0.1) is 17.0 Å². The van der Waals surface area contributed by atoms with E-state index in [2.05, 4.69) is 5.32 Å².